The highest BCUT2D eigenvalue weighted by molar-refractivity contribution is 5.96. The van der Waals surface area contributed by atoms with Crippen LogP contribution >= 0.6 is 0 Å². The maximum absolute atomic E-state index is 7.16. The van der Waals surface area contributed by atoms with Gasteiger partial charge in [-0.05, 0) is 73.2 Å². The van der Waals surface area contributed by atoms with Gasteiger partial charge in [-0.2, -0.15) is 0 Å². The number of hydrogen-bond acceptors (Lipinski definition) is 4. The zero-order valence-electron chi connectivity index (χ0n) is 21.1. The van der Waals surface area contributed by atoms with E-state index in [0.717, 1.165) is 52.4 Å². The Morgan fingerprint density at radius 2 is 1.39 bits per heavy atom. The fourth-order valence-electron chi connectivity index (χ4n) is 5.54. The first-order valence-corrected chi connectivity index (χ1v) is 12.6. The van der Waals surface area contributed by atoms with E-state index in [9.17, 15) is 0 Å². The van der Waals surface area contributed by atoms with Gasteiger partial charge in [0.15, 0.2) is 5.60 Å². The zero-order valence-corrected chi connectivity index (χ0v) is 21.1. The fourth-order valence-corrected chi connectivity index (χ4v) is 5.54. The van der Waals surface area contributed by atoms with E-state index in [0.29, 0.717) is 0 Å². The quantitative estimate of drug-likeness (QED) is 0.306. The molecule has 182 valence electrons. The van der Waals surface area contributed by atoms with Crippen LogP contribution in [0.3, 0.4) is 0 Å². The Kier molecular flexibility index (Phi) is 5.60. The van der Waals surface area contributed by atoms with Crippen LogP contribution in [-0.4, -0.2) is 27.3 Å². The Bertz CT molecular complexity index is 1380. The molecule has 4 aromatic carbocycles. The normalized spacial score (nSPS) is 16.0. The molecule has 0 amide bonds. The lowest BCUT2D eigenvalue weighted by atomic mass is 9.82. The molecule has 4 heteroatoms. The topological polar surface area (TPSA) is 30.9 Å². The molecule has 36 heavy (non-hydrogen) atoms. The van der Waals surface area contributed by atoms with Gasteiger partial charge in [0.1, 0.15) is 17.2 Å². The number of fused-ring (bicyclic) bond motifs is 3. The second-order valence-electron chi connectivity index (χ2n) is 9.66. The van der Waals surface area contributed by atoms with Crippen molar-refractivity contribution in [3.8, 4) is 17.2 Å². The zero-order chi connectivity index (χ0) is 24.7. The predicted octanol–water partition coefficient (Wildman–Crippen LogP) is 7.12. The Labute approximate surface area is 212 Å². The third-order valence-electron chi connectivity index (χ3n) is 7.58. The number of aryl methyl sites for hydroxylation is 1. The van der Waals surface area contributed by atoms with Crippen molar-refractivity contribution < 1.29 is 14.2 Å². The summed E-state index contributed by atoms with van der Waals surface area (Å²) in [7, 11) is 3.38. The summed E-state index contributed by atoms with van der Waals surface area (Å²) in [6.45, 7) is 4.39. The van der Waals surface area contributed by atoms with Crippen LogP contribution in [0.2, 0.25) is 0 Å². The molecule has 2 aliphatic heterocycles. The van der Waals surface area contributed by atoms with Gasteiger partial charge >= 0.3 is 0 Å². The highest BCUT2D eigenvalue weighted by Gasteiger charge is 2.38. The molecule has 0 aliphatic carbocycles. The van der Waals surface area contributed by atoms with E-state index < -0.39 is 5.60 Å². The summed E-state index contributed by atoms with van der Waals surface area (Å²) in [5.74, 6) is 2.57. The third kappa shape index (κ3) is 3.69. The van der Waals surface area contributed by atoms with Crippen molar-refractivity contribution in [1.29, 1.82) is 0 Å². The number of rotatable bonds is 5. The van der Waals surface area contributed by atoms with Crippen molar-refractivity contribution in [1.82, 2.24) is 0 Å². The average molecular weight is 478 g/mol. The number of anilines is 1. The van der Waals surface area contributed by atoms with E-state index in [2.05, 4.69) is 72.5 Å². The van der Waals surface area contributed by atoms with E-state index >= 15 is 0 Å². The SMILES string of the molecule is COc1ccc(C2(c3ccc(OC)cc3)C=Cc3c(C)cc4ccc(N5CCCC5)cc4c3O2)cc1. The number of hydrogen-bond donors (Lipinski definition) is 0. The molecule has 0 bridgehead atoms. The molecule has 0 radical (unpaired) electrons. The second kappa shape index (κ2) is 8.94. The maximum atomic E-state index is 7.16. The van der Waals surface area contributed by atoms with E-state index in [1.54, 1.807) is 14.2 Å². The molecule has 0 N–H and O–H groups in total. The molecule has 0 spiro atoms. The van der Waals surface area contributed by atoms with Gasteiger partial charge in [-0.3, -0.25) is 0 Å². The average Bonchev–Trinajstić information content (AvgIpc) is 3.48. The first-order chi connectivity index (χ1) is 17.6. The summed E-state index contributed by atoms with van der Waals surface area (Å²) in [5.41, 5.74) is 4.92. The summed E-state index contributed by atoms with van der Waals surface area (Å²) in [4.78, 5) is 2.48. The molecule has 0 saturated carbocycles. The lowest BCUT2D eigenvalue weighted by molar-refractivity contribution is 0.163. The Morgan fingerprint density at radius 1 is 0.778 bits per heavy atom. The van der Waals surface area contributed by atoms with Crippen molar-refractivity contribution in [3.63, 3.8) is 0 Å². The van der Waals surface area contributed by atoms with E-state index in [4.69, 9.17) is 14.2 Å². The fraction of sp³-hybridized carbons (Fsp3) is 0.250. The van der Waals surface area contributed by atoms with Crippen LogP contribution in [0.1, 0.15) is 35.1 Å². The lowest BCUT2D eigenvalue weighted by Gasteiger charge is -2.37. The minimum atomic E-state index is -0.782. The minimum Gasteiger partial charge on any atom is -0.497 e. The van der Waals surface area contributed by atoms with Gasteiger partial charge < -0.3 is 19.1 Å². The smallest absolute Gasteiger partial charge is 0.178 e. The maximum Gasteiger partial charge on any atom is 0.178 e. The molecule has 6 rings (SSSR count). The van der Waals surface area contributed by atoms with E-state index in [1.807, 2.05) is 24.3 Å². The Morgan fingerprint density at radius 3 is 1.97 bits per heavy atom. The molecular weight excluding hydrogens is 446 g/mol. The monoisotopic (exact) mass is 477 g/mol. The molecule has 2 aliphatic rings. The summed E-state index contributed by atoms with van der Waals surface area (Å²) < 4.78 is 18.0. The van der Waals surface area contributed by atoms with Crippen LogP contribution in [0.15, 0.2) is 78.9 Å². The molecule has 2 heterocycles. The molecule has 4 aromatic rings. The Balaban J connectivity index is 1.55. The summed E-state index contributed by atoms with van der Waals surface area (Å²) in [6, 6.07) is 25.4. The largest absolute Gasteiger partial charge is 0.497 e. The summed E-state index contributed by atoms with van der Waals surface area (Å²) >= 11 is 0. The van der Waals surface area contributed by atoms with Crippen LogP contribution in [0.5, 0.6) is 17.2 Å². The van der Waals surface area contributed by atoms with Crippen LogP contribution in [0, 0.1) is 6.92 Å². The summed E-state index contributed by atoms with van der Waals surface area (Å²) in [5, 5.41) is 2.35. The van der Waals surface area contributed by atoms with Crippen LogP contribution < -0.4 is 19.1 Å². The van der Waals surface area contributed by atoms with Crippen LogP contribution in [0.25, 0.3) is 16.8 Å². The van der Waals surface area contributed by atoms with E-state index in [-0.39, 0.29) is 0 Å². The molecular formula is C32H31NO3. The molecule has 0 atom stereocenters. The first-order valence-electron chi connectivity index (χ1n) is 12.6. The standard InChI is InChI=1S/C32H31NO3/c1-22-20-23-6-11-26(33-18-4-5-19-33)21-30(23)31-29(22)16-17-32(36-31,24-7-12-27(34-2)13-8-24)25-9-14-28(35-3)15-10-25/h6-17,20-21H,4-5,18-19H2,1-3H3. The predicted molar refractivity (Wildman–Crippen MR) is 147 cm³/mol. The van der Waals surface area contributed by atoms with Gasteiger partial charge in [-0.15, -0.1) is 0 Å². The minimum absolute atomic E-state index is 0.782. The van der Waals surface area contributed by atoms with Crippen molar-refractivity contribution in [3.05, 3.63) is 101 Å². The van der Waals surface area contributed by atoms with Crippen LogP contribution in [-0.2, 0) is 5.60 Å². The van der Waals surface area contributed by atoms with Crippen molar-refractivity contribution in [2.24, 2.45) is 0 Å². The number of nitrogens with zero attached hydrogens (tertiary/aromatic N) is 1. The van der Waals surface area contributed by atoms with Gasteiger partial charge in [0, 0.05) is 40.9 Å². The second-order valence-corrected chi connectivity index (χ2v) is 9.66. The molecule has 1 saturated heterocycles. The molecule has 0 unspecified atom stereocenters. The molecule has 1 fully saturated rings. The first kappa shape index (κ1) is 22.5. The van der Waals surface area contributed by atoms with Crippen LogP contribution in [0.4, 0.5) is 5.69 Å². The highest BCUT2D eigenvalue weighted by Crippen LogP contribution is 2.47. The highest BCUT2D eigenvalue weighted by atomic mass is 16.5. The van der Waals surface area contributed by atoms with Gasteiger partial charge in [0.2, 0.25) is 0 Å². The van der Waals surface area contributed by atoms with Crippen molar-refractivity contribution in [2.45, 2.75) is 25.4 Å². The summed E-state index contributed by atoms with van der Waals surface area (Å²) in [6.07, 6.45) is 6.91. The number of methoxy groups -OCH3 is 2. The lowest BCUT2D eigenvalue weighted by Crippen LogP contribution is -2.34. The molecule has 0 aromatic heterocycles. The Hall–Kier alpha value is -3.92. The van der Waals surface area contributed by atoms with Gasteiger partial charge in [0.25, 0.3) is 0 Å². The van der Waals surface area contributed by atoms with E-state index in [1.165, 1.54) is 29.5 Å². The molecule has 4 nitrogen and oxygen atoms in total. The van der Waals surface area contributed by atoms with Gasteiger partial charge in [-0.1, -0.05) is 42.5 Å². The van der Waals surface area contributed by atoms with Gasteiger partial charge in [-0.25, -0.2) is 0 Å². The van der Waals surface area contributed by atoms with Crippen molar-refractivity contribution in [2.75, 3.05) is 32.2 Å². The van der Waals surface area contributed by atoms with Gasteiger partial charge in [0.05, 0.1) is 14.2 Å². The third-order valence-corrected chi connectivity index (χ3v) is 7.58. The number of benzene rings is 4. The number of ether oxygens (including phenoxy) is 3. The van der Waals surface area contributed by atoms with Crippen molar-refractivity contribution >= 4 is 22.5 Å².